The first-order valence-electron chi connectivity index (χ1n) is 21.8. The molecule has 0 aromatic heterocycles. The van der Waals surface area contributed by atoms with E-state index in [4.69, 9.17) is 17.0 Å². The Morgan fingerprint density at radius 2 is 0.646 bits per heavy atom. The molecule has 0 fully saturated rings. The second-order valence-electron chi connectivity index (χ2n) is 16.1. The van der Waals surface area contributed by atoms with E-state index in [2.05, 4.69) is 20.8 Å². The summed E-state index contributed by atoms with van der Waals surface area (Å²) in [5, 5.41) is 20.7. The maximum atomic E-state index is 9.94. The van der Waals surface area contributed by atoms with Gasteiger partial charge in [0.2, 0.25) is 0 Å². The van der Waals surface area contributed by atoms with E-state index in [-0.39, 0.29) is 18.6 Å². The highest BCUT2D eigenvalue weighted by Gasteiger charge is 2.36. The van der Waals surface area contributed by atoms with Crippen LogP contribution in [0, 0.1) is 10.8 Å². The van der Waals surface area contributed by atoms with Crippen LogP contribution in [0.1, 0.15) is 246 Å². The van der Waals surface area contributed by atoms with Crippen molar-refractivity contribution in [3.63, 3.8) is 0 Å². The quantitative estimate of drug-likeness (QED) is 0.0496. The van der Waals surface area contributed by atoms with Gasteiger partial charge in [-0.05, 0) is 31.5 Å². The molecule has 0 aliphatic rings. The molecule has 0 saturated heterocycles. The van der Waals surface area contributed by atoms with E-state index >= 15 is 0 Å². The molecular formula is C44H88O3S. The van der Waals surface area contributed by atoms with Gasteiger partial charge in [0.1, 0.15) is 0 Å². The van der Waals surface area contributed by atoms with Crippen LogP contribution < -0.4 is 0 Å². The van der Waals surface area contributed by atoms with Gasteiger partial charge < -0.3 is 14.9 Å². The van der Waals surface area contributed by atoms with E-state index in [9.17, 15) is 10.2 Å². The zero-order valence-corrected chi connectivity index (χ0v) is 34.2. The summed E-state index contributed by atoms with van der Waals surface area (Å²) in [7, 11) is 0. The maximum absolute atomic E-state index is 9.94. The summed E-state index contributed by atoms with van der Waals surface area (Å²) >= 11 is 6.18. The first-order valence-corrected chi connectivity index (χ1v) is 22.2. The Balaban J connectivity index is 5.15. The maximum Gasteiger partial charge on any atom is 0.165 e. The fourth-order valence-corrected chi connectivity index (χ4v) is 7.61. The van der Waals surface area contributed by atoms with Crippen molar-refractivity contribution in [3.05, 3.63) is 0 Å². The summed E-state index contributed by atoms with van der Waals surface area (Å²) in [5.74, 6) is 0. The van der Waals surface area contributed by atoms with Gasteiger partial charge in [0.05, 0.1) is 19.8 Å². The van der Waals surface area contributed by atoms with Crippen LogP contribution >= 0.6 is 12.2 Å². The largest absolute Gasteiger partial charge is 0.486 e. The van der Waals surface area contributed by atoms with Gasteiger partial charge in [0, 0.05) is 10.8 Å². The van der Waals surface area contributed by atoms with Gasteiger partial charge in [-0.2, -0.15) is 0 Å². The molecule has 0 atom stereocenters. The third kappa shape index (κ3) is 27.5. The SMILES string of the molecule is CCCCCCCCCCCCCC(CCCCCCCCCCCC)(CCCCCCCCCCCC)C(=S)OCC(C)(CO)CO. The van der Waals surface area contributed by atoms with Gasteiger partial charge in [-0.3, -0.25) is 0 Å². The van der Waals surface area contributed by atoms with Crippen LogP contribution in [0.3, 0.4) is 0 Å². The molecule has 0 bridgehead atoms. The molecule has 3 nitrogen and oxygen atoms in total. The van der Waals surface area contributed by atoms with E-state index in [1.807, 2.05) is 6.92 Å². The zero-order chi connectivity index (χ0) is 35.4. The molecule has 288 valence electrons. The van der Waals surface area contributed by atoms with Crippen molar-refractivity contribution in [2.24, 2.45) is 10.8 Å². The van der Waals surface area contributed by atoms with Crippen molar-refractivity contribution >= 4 is 17.3 Å². The summed E-state index contributed by atoms with van der Waals surface area (Å²) < 4.78 is 6.40. The Hall–Kier alpha value is -0.190. The van der Waals surface area contributed by atoms with Gasteiger partial charge in [-0.25, -0.2) is 0 Å². The average molecular weight is 697 g/mol. The average Bonchev–Trinajstić information content (AvgIpc) is 3.10. The van der Waals surface area contributed by atoms with Gasteiger partial charge >= 0.3 is 0 Å². The molecule has 0 aromatic rings. The monoisotopic (exact) mass is 697 g/mol. The summed E-state index contributed by atoms with van der Waals surface area (Å²) in [6.07, 6.45) is 45.4. The molecule has 0 rings (SSSR count). The lowest BCUT2D eigenvalue weighted by Crippen LogP contribution is -2.38. The first kappa shape index (κ1) is 47.8. The molecule has 0 heterocycles. The van der Waals surface area contributed by atoms with Gasteiger partial charge in [0.15, 0.2) is 5.05 Å². The highest BCUT2D eigenvalue weighted by atomic mass is 32.1. The van der Waals surface area contributed by atoms with E-state index in [1.54, 1.807) is 0 Å². The third-order valence-electron chi connectivity index (χ3n) is 11.0. The summed E-state index contributed by atoms with van der Waals surface area (Å²) in [4.78, 5) is 0. The summed E-state index contributed by atoms with van der Waals surface area (Å²) in [6.45, 7) is 8.90. The minimum absolute atomic E-state index is 0.0548. The number of aliphatic hydroxyl groups is 2. The van der Waals surface area contributed by atoms with Gasteiger partial charge in [-0.1, -0.05) is 227 Å². The van der Waals surface area contributed by atoms with Crippen molar-refractivity contribution in [1.82, 2.24) is 0 Å². The standard InChI is InChI=1S/C44H88O3S/c1-5-8-11-14-17-20-23-26-29-32-35-38-44(42(48)47-41-43(4,39-45)40-46,36-33-30-27-24-21-18-15-12-9-6-2)37-34-31-28-25-22-19-16-13-10-7-3/h45-46H,5-41H2,1-4H3. The number of hydrogen-bond acceptors (Lipinski definition) is 4. The number of hydrogen-bond donors (Lipinski definition) is 2. The fourth-order valence-electron chi connectivity index (χ4n) is 7.24. The zero-order valence-electron chi connectivity index (χ0n) is 33.4. The first-order chi connectivity index (χ1) is 23.4. The predicted molar refractivity (Wildman–Crippen MR) is 217 cm³/mol. The molecule has 0 saturated carbocycles. The van der Waals surface area contributed by atoms with Crippen LogP contribution in [0.5, 0.6) is 0 Å². The number of thiocarbonyl (C=S) groups is 1. The van der Waals surface area contributed by atoms with Crippen molar-refractivity contribution in [1.29, 1.82) is 0 Å². The molecule has 2 N–H and O–H groups in total. The topological polar surface area (TPSA) is 49.7 Å². The highest BCUT2D eigenvalue weighted by Crippen LogP contribution is 2.40. The lowest BCUT2D eigenvalue weighted by molar-refractivity contribution is 0.0198. The van der Waals surface area contributed by atoms with E-state index in [0.717, 1.165) is 24.3 Å². The van der Waals surface area contributed by atoms with E-state index in [0.29, 0.717) is 6.61 Å². The van der Waals surface area contributed by atoms with Crippen molar-refractivity contribution in [3.8, 4) is 0 Å². The van der Waals surface area contributed by atoms with Gasteiger partial charge in [-0.15, -0.1) is 0 Å². The Kier molecular flexibility index (Phi) is 35.1. The van der Waals surface area contributed by atoms with Crippen molar-refractivity contribution < 1.29 is 14.9 Å². The molecule has 0 unspecified atom stereocenters. The second kappa shape index (κ2) is 35.2. The molecule has 0 radical (unpaired) electrons. The fraction of sp³-hybridized carbons (Fsp3) is 0.977. The van der Waals surface area contributed by atoms with Crippen molar-refractivity contribution in [2.45, 2.75) is 246 Å². The summed E-state index contributed by atoms with van der Waals surface area (Å²) in [5.41, 5.74) is -0.707. The number of unbranched alkanes of at least 4 members (excludes halogenated alkanes) is 28. The van der Waals surface area contributed by atoms with E-state index < -0.39 is 5.41 Å². The second-order valence-corrected chi connectivity index (χ2v) is 16.5. The lowest BCUT2D eigenvalue weighted by atomic mass is 9.74. The van der Waals surface area contributed by atoms with Crippen LogP contribution in [0.4, 0.5) is 0 Å². The molecule has 0 spiro atoms. The van der Waals surface area contributed by atoms with Gasteiger partial charge in [0.25, 0.3) is 0 Å². The smallest absolute Gasteiger partial charge is 0.165 e. The third-order valence-corrected chi connectivity index (χ3v) is 11.6. The minimum atomic E-state index is -0.652. The van der Waals surface area contributed by atoms with Crippen LogP contribution in [-0.2, 0) is 4.74 Å². The molecular weight excluding hydrogens is 609 g/mol. The highest BCUT2D eigenvalue weighted by molar-refractivity contribution is 7.80. The molecule has 0 amide bonds. The molecule has 48 heavy (non-hydrogen) atoms. The van der Waals surface area contributed by atoms with Crippen molar-refractivity contribution in [2.75, 3.05) is 19.8 Å². The van der Waals surface area contributed by atoms with Crippen LogP contribution in [0.15, 0.2) is 0 Å². The Labute approximate surface area is 307 Å². The molecule has 0 aliphatic carbocycles. The van der Waals surface area contributed by atoms with Crippen LogP contribution in [0.25, 0.3) is 0 Å². The number of ether oxygens (including phenoxy) is 1. The predicted octanol–water partition coefficient (Wildman–Crippen LogP) is 14.6. The number of aliphatic hydroxyl groups excluding tert-OH is 2. The summed E-state index contributed by atoms with van der Waals surface area (Å²) in [6, 6.07) is 0. The minimum Gasteiger partial charge on any atom is -0.486 e. The normalized spacial score (nSPS) is 12.2. The van der Waals surface area contributed by atoms with E-state index in [1.165, 1.54) is 199 Å². The Morgan fingerprint density at radius 1 is 0.417 bits per heavy atom. The number of rotatable bonds is 39. The molecule has 4 heteroatoms. The lowest BCUT2D eigenvalue weighted by Gasteiger charge is -2.36. The Morgan fingerprint density at radius 3 is 0.875 bits per heavy atom. The van der Waals surface area contributed by atoms with Crippen LogP contribution in [0.2, 0.25) is 0 Å². The van der Waals surface area contributed by atoms with Crippen LogP contribution in [-0.4, -0.2) is 35.1 Å². The molecule has 0 aliphatic heterocycles. The Bertz CT molecular complexity index is 638. The molecule has 0 aromatic carbocycles.